The van der Waals surface area contributed by atoms with Crippen molar-refractivity contribution in [3.8, 4) is 0 Å². The first-order valence-electron chi connectivity index (χ1n) is 9.85. The summed E-state index contributed by atoms with van der Waals surface area (Å²) in [5, 5.41) is 11.4. The van der Waals surface area contributed by atoms with E-state index in [1.807, 2.05) is 0 Å². The Kier molecular flexibility index (Phi) is 4.92. The van der Waals surface area contributed by atoms with Crippen LogP contribution in [0, 0.1) is 5.92 Å². The van der Waals surface area contributed by atoms with Gasteiger partial charge in [0, 0.05) is 26.6 Å². The van der Waals surface area contributed by atoms with Gasteiger partial charge in [0.15, 0.2) is 0 Å². The van der Waals surface area contributed by atoms with Crippen LogP contribution in [0.25, 0.3) is 11.0 Å². The number of rotatable bonds is 3. The van der Waals surface area contributed by atoms with Crippen LogP contribution >= 0.6 is 0 Å². The van der Waals surface area contributed by atoms with Crippen LogP contribution in [0.1, 0.15) is 42.1 Å². The number of benzene rings is 1. The quantitative estimate of drug-likeness (QED) is 0.693. The molecule has 2 aliphatic heterocycles. The molecule has 0 radical (unpaired) electrons. The Morgan fingerprint density at radius 2 is 1.80 bits per heavy atom. The summed E-state index contributed by atoms with van der Waals surface area (Å²) in [6.45, 7) is 0.655. The Hall–Kier alpha value is -3.43. The molecule has 4 rings (SSSR count). The van der Waals surface area contributed by atoms with Crippen LogP contribution in [-0.4, -0.2) is 55.9 Å². The zero-order valence-corrected chi connectivity index (χ0v) is 16.5. The van der Waals surface area contributed by atoms with Gasteiger partial charge in [0.25, 0.3) is 5.91 Å². The monoisotopic (exact) mass is 414 g/mol. The van der Waals surface area contributed by atoms with Crippen molar-refractivity contribution in [1.29, 1.82) is 0 Å². The lowest BCUT2D eigenvalue weighted by Gasteiger charge is -2.30. The van der Waals surface area contributed by atoms with Gasteiger partial charge in [-0.05, 0) is 31.4 Å². The number of hydrogen-bond acceptors (Lipinski definition) is 5. The summed E-state index contributed by atoms with van der Waals surface area (Å²) in [6.07, 6.45) is 1.11. The highest BCUT2D eigenvalue weighted by Gasteiger charge is 2.33. The van der Waals surface area contributed by atoms with Gasteiger partial charge in [-0.1, -0.05) is 6.07 Å². The Morgan fingerprint density at radius 3 is 2.43 bits per heavy atom. The number of amides is 3. The third kappa shape index (κ3) is 3.17. The number of aliphatic carboxylic acids is 1. The van der Waals surface area contributed by atoms with Crippen LogP contribution in [0.5, 0.6) is 0 Å². The van der Waals surface area contributed by atoms with Gasteiger partial charge in [0.05, 0.1) is 22.5 Å². The van der Waals surface area contributed by atoms with E-state index in [9.17, 15) is 24.0 Å². The number of para-hydroxylation sites is 1. The molecule has 10 nitrogen and oxygen atoms in total. The van der Waals surface area contributed by atoms with Gasteiger partial charge in [0.1, 0.15) is 6.04 Å². The second-order valence-corrected chi connectivity index (χ2v) is 7.76. The van der Waals surface area contributed by atoms with Crippen LogP contribution in [-0.2, 0) is 21.4 Å². The molecule has 1 atom stereocenters. The van der Waals surface area contributed by atoms with E-state index in [0.717, 1.165) is 0 Å². The molecule has 0 saturated carbocycles. The number of nitrogens with zero attached hydrogens (tertiary/aromatic N) is 3. The molecule has 10 heteroatoms. The van der Waals surface area contributed by atoms with Crippen LogP contribution < -0.4 is 11.0 Å². The van der Waals surface area contributed by atoms with E-state index >= 15 is 0 Å². The fourth-order valence-corrected chi connectivity index (χ4v) is 4.34. The third-order valence-electron chi connectivity index (χ3n) is 5.99. The molecule has 2 N–H and O–H groups in total. The van der Waals surface area contributed by atoms with E-state index in [0.29, 0.717) is 42.5 Å². The second-order valence-electron chi connectivity index (χ2n) is 7.76. The van der Waals surface area contributed by atoms with Crippen molar-refractivity contribution in [3.63, 3.8) is 0 Å². The number of piperidine rings is 2. The first kappa shape index (κ1) is 19.9. The number of carbonyl (C=O) groups is 4. The van der Waals surface area contributed by atoms with E-state index in [-0.39, 0.29) is 24.7 Å². The van der Waals surface area contributed by atoms with Crippen LogP contribution in [0.15, 0.2) is 23.0 Å². The summed E-state index contributed by atoms with van der Waals surface area (Å²) in [6, 6.07) is 4.13. The number of aryl methyl sites for hydroxylation is 1. The Bertz CT molecular complexity index is 1120. The largest absolute Gasteiger partial charge is 0.481 e. The lowest BCUT2D eigenvalue weighted by Crippen LogP contribution is -2.44. The zero-order chi connectivity index (χ0) is 21.6. The van der Waals surface area contributed by atoms with Gasteiger partial charge >= 0.3 is 11.7 Å². The van der Waals surface area contributed by atoms with Gasteiger partial charge in [0.2, 0.25) is 11.8 Å². The highest BCUT2D eigenvalue weighted by molar-refractivity contribution is 6.06. The number of carboxylic acid groups (broad SMARTS) is 1. The molecule has 1 unspecified atom stereocenters. The molecule has 3 amide bonds. The number of likely N-dealkylation sites (tertiary alicyclic amines) is 1. The standard InChI is InChI=1S/C20H22N4O6/c1-22-16-12(18(27)23-9-7-11(8-10-23)19(28)29)3-2-4-13(16)24(20(22)30)14-5-6-15(25)21-17(14)26/h2-4,11,14H,5-10H2,1H3,(H,28,29)(H,21,25,26). The minimum absolute atomic E-state index is 0.135. The third-order valence-corrected chi connectivity index (χ3v) is 5.99. The maximum atomic E-state index is 13.2. The maximum absolute atomic E-state index is 13.2. The molecular weight excluding hydrogens is 392 g/mol. The SMILES string of the molecule is Cn1c(=O)n(C2CCC(=O)NC2=O)c2cccc(C(=O)N3CCC(C(=O)O)CC3)c21. The van der Waals surface area contributed by atoms with Gasteiger partial charge in [-0.15, -0.1) is 0 Å². The van der Waals surface area contributed by atoms with Crippen molar-refractivity contribution in [1.82, 2.24) is 19.4 Å². The van der Waals surface area contributed by atoms with Crippen molar-refractivity contribution in [2.24, 2.45) is 13.0 Å². The summed E-state index contributed by atoms with van der Waals surface area (Å²) >= 11 is 0. The number of carboxylic acids is 1. The maximum Gasteiger partial charge on any atom is 0.329 e. The molecule has 2 aliphatic rings. The predicted molar refractivity (Wildman–Crippen MR) is 105 cm³/mol. The van der Waals surface area contributed by atoms with E-state index < -0.39 is 29.5 Å². The summed E-state index contributed by atoms with van der Waals surface area (Å²) in [5.41, 5.74) is 0.747. The van der Waals surface area contributed by atoms with Gasteiger partial charge in [-0.3, -0.25) is 33.6 Å². The van der Waals surface area contributed by atoms with Crippen molar-refractivity contribution in [2.75, 3.05) is 13.1 Å². The average molecular weight is 414 g/mol. The number of carbonyl (C=O) groups excluding carboxylic acids is 3. The molecule has 30 heavy (non-hydrogen) atoms. The molecule has 0 spiro atoms. The van der Waals surface area contributed by atoms with E-state index in [1.165, 1.54) is 9.13 Å². The molecule has 2 aromatic rings. The lowest BCUT2D eigenvalue weighted by molar-refractivity contribution is -0.143. The van der Waals surface area contributed by atoms with E-state index in [2.05, 4.69) is 5.32 Å². The minimum atomic E-state index is -0.854. The first-order valence-corrected chi connectivity index (χ1v) is 9.85. The van der Waals surface area contributed by atoms with Gasteiger partial charge in [-0.25, -0.2) is 4.79 Å². The summed E-state index contributed by atoms with van der Waals surface area (Å²) in [7, 11) is 1.54. The van der Waals surface area contributed by atoms with Crippen molar-refractivity contribution >= 4 is 34.7 Å². The highest BCUT2D eigenvalue weighted by atomic mass is 16.4. The Balaban J connectivity index is 1.72. The molecule has 1 aromatic heterocycles. The number of imide groups is 1. The highest BCUT2D eigenvalue weighted by Crippen LogP contribution is 2.27. The smallest absolute Gasteiger partial charge is 0.329 e. The molecule has 158 valence electrons. The van der Waals surface area contributed by atoms with Crippen molar-refractivity contribution in [3.05, 3.63) is 34.2 Å². The number of fused-ring (bicyclic) bond motifs is 1. The van der Waals surface area contributed by atoms with Crippen molar-refractivity contribution < 1.29 is 24.3 Å². The first-order chi connectivity index (χ1) is 14.3. The number of aromatic nitrogens is 2. The minimum Gasteiger partial charge on any atom is -0.481 e. The molecule has 2 saturated heterocycles. The second kappa shape index (κ2) is 7.43. The van der Waals surface area contributed by atoms with Crippen LogP contribution in [0.3, 0.4) is 0 Å². The molecule has 0 bridgehead atoms. The molecule has 1 aromatic carbocycles. The van der Waals surface area contributed by atoms with E-state index in [4.69, 9.17) is 5.11 Å². The summed E-state index contributed by atoms with van der Waals surface area (Å²) in [4.78, 5) is 62.7. The molecule has 0 aliphatic carbocycles. The average Bonchev–Trinajstić information content (AvgIpc) is 2.98. The Labute approximate surface area is 171 Å². The fourth-order valence-electron chi connectivity index (χ4n) is 4.34. The van der Waals surface area contributed by atoms with Crippen LogP contribution in [0.2, 0.25) is 0 Å². The van der Waals surface area contributed by atoms with Gasteiger partial charge < -0.3 is 10.0 Å². The van der Waals surface area contributed by atoms with Gasteiger partial charge in [-0.2, -0.15) is 0 Å². The van der Waals surface area contributed by atoms with E-state index in [1.54, 1.807) is 30.1 Å². The molecule has 3 heterocycles. The number of hydrogen-bond donors (Lipinski definition) is 2. The Morgan fingerprint density at radius 1 is 1.10 bits per heavy atom. The molecular formula is C20H22N4O6. The fraction of sp³-hybridized carbons (Fsp3) is 0.450. The summed E-state index contributed by atoms with van der Waals surface area (Å²) in [5.74, 6) is -2.49. The zero-order valence-electron chi connectivity index (χ0n) is 16.5. The lowest BCUT2D eigenvalue weighted by atomic mass is 9.96. The number of nitrogens with one attached hydrogen (secondary N) is 1. The summed E-state index contributed by atoms with van der Waals surface area (Å²) < 4.78 is 2.68. The predicted octanol–water partition coefficient (Wildman–Crippen LogP) is 0.255. The molecule has 2 fully saturated rings. The normalized spacial score (nSPS) is 20.4. The number of imidazole rings is 1. The topological polar surface area (TPSA) is 131 Å². The van der Waals surface area contributed by atoms with Crippen LogP contribution in [0.4, 0.5) is 0 Å². The van der Waals surface area contributed by atoms with Crippen molar-refractivity contribution in [2.45, 2.75) is 31.7 Å².